The molecule has 0 heterocycles. The van der Waals surface area contributed by atoms with Gasteiger partial charge in [-0.3, -0.25) is 0 Å². The summed E-state index contributed by atoms with van der Waals surface area (Å²) < 4.78 is 23.8. The maximum Gasteiger partial charge on any atom is 0.159 e. The van der Waals surface area contributed by atoms with Crippen molar-refractivity contribution in [2.24, 2.45) is 11.8 Å². The summed E-state index contributed by atoms with van der Waals surface area (Å²) in [6.07, 6.45) is 7.91. The molecule has 2 rings (SSSR count). The Hall–Kier alpha value is -0.830. The minimum Gasteiger partial charge on any atom is -0.228 e. The molecular formula is C20H32O2S. The van der Waals surface area contributed by atoms with Gasteiger partial charge in [0.2, 0.25) is 0 Å². The van der Waals surface area contributed by atoms with Crippen molar-refractivity contribution < 1.29 is 8.42 Å². The van der Waals surface area contributed by atoms with E-state index >= 15 is 0 Å². The molecule has 1 fully saturated rings. The SMILES string of the molecule is CC1CCC(CCc2ccc(CS(=O)(=O)C(C)(C)C)cc2)CC1. The summed E-state index contributed by atoms with van der Waals surface area (Å²) >= 11 is 0. The molecule has 3 heteroatoms. The minimum atomic E-state index is -3.10. The molecule has 130 valence electrons. The lowest BCUT2D eigenvalue weighted by molar-refractivity contribution is 0.278. The largest absolute Gasteiger partial charge is 0.228 e. The zero-order chi connectivity index (χ0) is 17.1. The van der Waals surface area contributed by atoms with E-state index in [0.29, 0.717) is 0 Å². The van der Waals surface area contributed by atoms with Crippen molar-refractivity contribution in [2.75, 3.05) is 0 Å². The van der Waals surface area contributed by atoms with Gasteiger partial charge in [0.1, 0.15) is 0 Å². The summed E-state index contributed by atoms with van der Waals surface area (Å²) in [7, 11) is -3.10. The highest BCUT2D eigenvalue weighted by atomic mass is 32.2. The van der Waals surface area contributed by atoms with Gasteiger partial charge in [0.15, 0.2) is 9.84 Å². The van der Waals surface area contributed by atoms with E-state index in [0.717, 1.165) is 23.8 Å². The molecule has 0 unspecified atom stereocenters. The van der Waals surface area contributed by atoms with Crippen molar-refractivity contribution in [1.82, 2.24) is 0 Å². The van der Waals surface area contributed by atoms with Gasteiger partial charge in [-0.25, -0.2) is 8.42 Å². The highest BCUT2D eigenvalue weighted by Gasteiger charge is 2.28. The number of hydrogen-bond acceptors (Lipinski definition) is 2. The van der Waals surface area contributed by atoms with Gasteiger partial charge >= 0.3 is 0 Å². The second kappa shape index (κ2) is 7.38. The second-order valence-corrected chi connectivity index (χ2v) is 11.1. The van der Waals surface area contributed by atoms with E-state index in [1.165, 1.54) is 37.7 Å². The molecule has 0 aliphatic heterocycles. The molecule has 0 spiro atoms. The molecule has 2 nitrogen and oxygen atoms in total. The standard InChI is InChI=1S/C20H32O2S/c1-16-5-7-17(8-6-16)9-10-18-11-13-19(14-12-18)15-23(21,22)20(2,3)4/h11-14,16-17H,5-10,15H2,1-4H3. The fraction of sp³-hybridized carbons (Fsp3) is 0.700. The Kier molecular flexibility index (Phi) is 5.94. The van der Waals surface area contributed by atoms with E-state index in [1.54, 1.807) is 20.8 Å². The average Bonchev–Trinajstić information content (AvgIpc) is 2.47. The quantitative estimate of drug-likeness (QED) is 0.744. The molecule has 0 N–H and O–H groups in total. The Morgan fingerprint density at radius 2 is 1.48 bits per heavy atom. The topological polar surface area (TPSA) is 34.1 Å². The second-order valence-electron chi connectivity index (χ2n) is 8.35. The normalized spacial score (nSPS) is 23.0. The van der Waals surface area contributed by atoms with Gasteiger partial charge in [-0.15, -0.1) is 0 Å². The highest BCUT2D eigenvalue weighted by molar-refractivity contribution is 7.91. The molecule has 1 aliphatic carbocycles. The molecule has 1 saturated carbocycles. The van der Waals surface area contributed by atoms with Gasteiger partial charge < -0.3 is 0 Å². The van der Waals surface area contributed by atoms with Crippen molar-refractivity contribution in [3.63, 3.8) is 0 Å². The van der Waals surface area contributed by atoms with E-state index in [1.807, 2.05) is 12.1 Å². The van der Waals surface area contributed by atoms with Crippen LogP contribution in [0.25, 0.3) is 0 Å². The van der Waals surface area contributed by atoms with Crippen LogP contribution in [0, 0.1) is 11.8 Å². The van der Waals surface area contributed by atoms with E-state index in [2.05, 4.69) is 19.1 Å². The highest BCUT2D eigenvalue weighted by Crippen LogP contribution is 2.31. The van der Waals surface area contributed by atoms with Crippen LogP contribution in [-0.4, -0.2) is 13.2 Å². The van der Waals surface area contributed by atoms with Gasteiger partial charge in [-0.2, -0.15) is 0 Å². The molecule has 1 aliphatic rings. The van der Waals surface area contributed by atoms with Crippen molar-refractivity contribution >= 4 is 9.84 Å². The average molecular weight is 337 g/mol. The first-order chi connectivity index (χ1) is 10.7. The van der Waals surface area contributed by atoms with Crippen molar-refractivity contribution in [2.45, 2.75) is 76.7 Å². The fourth-order valence-electron chi connectivity index (χ4n) is 3.23. The van der Waals surface area contributed by atoms with Gasteiger partial charge in [0.25, 0.3) is 0 Å². The number of sulfone groups is 1. The Morgan fingerprint density at radius 3 is 2.00 bits per heavy atom. The van der Waals surface area contributed by atoms with E-state index < -0.39 is 14.6 Å². The molecule has 0 aromatic heterocycles. The monoisotopic (exact) mass is 336 g/mol. The number of aryl methyl sites for hydroxylation is 1. The molecule has 0 atom stereocenters. The maximum atomic E-state index is 12.3. The van der Waals surface area contributed by atoms with Crippen LogP contribution in [0.15, 0.2) is 24.3 Å². The lowest BCUT2D eigenvalue weighted by Gasteiger charge is -2.26. The van der Waals surface area contributed by atoms with Crippen molar-refractivity contribution in [1.29, 1.82) is 0 Å². The predicted molar refractivity (Wildman–Crippen MR) is 98.3 cm³/mol. The van der Waals surface area contributed by atoms with Crippen molar-refractivity contribution in [3.05, 3.63) is 35.4 Å². The molecule has 0 radical (unpaired) electrons. The summed E-state index contributed by atoms with van der Waals surface area (Å²) in [5, 5.41) is 0. The first kappa shape index (κ1) is 18.5. The van der Waals surface area contributed by atoms with Gasteiger partial charge in [0, 0.05) is 0 Å². The molecule has 1 aromatic rings. The fourth-order valence-corrected chi connectivity index (χ4v) is 4.29. The number of rotatable bonds is 5. The third-order valence-corrected chi connectivity index (χ3v) is 7.87. The predicted octanol–water partition coefficient (Wildman–Crippen LogP) is 5.16. The molecule has 0 saturated heterocycles. The number of benzene rings is 1. The lowest BCUT2D eigenvalue weighted by Crippen LogP contribution is -2.29. The van der Waals surface area contributed by atoms with Crippen LogP contribution in [0.3, 0.4) is 0 Å². The number of hydrogen-bond donors (Lipinski definition) is 0. The zero-order valence-corrected chi connectivity index (χ0v) is 16.0. The lowest BCUT2D eigenvalue weighted by atomic mass is 9.80. The first-order valence-electron chi connectivity index (χ1n) is 8.97. The van der Waals surface area contributed by atoms with Gasteiger partial charge in [0.05, 0.1) is 10.5 Å². The van der Waals surface area contributed by atoms with Gasteiger partial charge in [-0.1, -0.05) is 56.9 Å². The molecule has 1 aromatic carbocycles. The Morgan fingerprint density at radius 1 is 0.957 bits per heavy atom. The molecule has 0 amide bonds. The van der Waals surface area contributed by atoms with E-state index in [4.69, 9.17) is 0 Å². The smallest absolute Gasteiger partial charge is 0.159 e. The van der Waals surface area contributed by atoms with Crippen LogP contribution in [0.2, 0.25) is 0 Å². The summed E-state index contributed by atoms with van der Waals surface area (Å²) in [6, 6.07) is 8.20. The molecule has 23 heavy (non-hydrogen) atoms. The van der Waals surface area contributed by atoms with E-state index in [-0.39, 0.29) is 5.75 Å². The maximum absolute atomic E-state index is 12.3. The van der Waals surface area contributed by atoms with Crippen LogP contribution in [0.1, 0.15) is 70.9 Å². The minimum absolute atomic E-state index is 0.136. The van der Waals surface area contributed by atoms with Crippen molar-refractivity contribution in [3.8, 4) is 0 Å². The summed E-state index contributed by atoms with van der Waals surface area (Å²) in [4.78, 5) is 0. The zero-order valence-electron chi connectivity index (χ0n) is 15.1. The van der Waals surface area contributed by atoms with Crippen LogP contribution in [-0.2, 0) is 22.0 Å². The third kappa shape index (κ3) is 5.34. The van der Waals surface area contributed by atoms with Crippen LogP contribution >= 0.6 is 0 Å². The Labute approximate surface area is 142 Å². The first-order valence-corrected chi connectivity index (χ1v) is 10.6. The third-order valence-electron chi connectivity index (χ3n) is 5.29. The molecular weight excluding hydrogens is 304 g/mol. The van der Waals surface area contributed by atoms with Crippen LogP contribution in [0.4, 0.5) is 0 Å². The summed E-state index contributed by atoms with van der Waals surface area (Å²) in [6.45, 7) is 7.66. The Bertz CT molecular complexity index is 586. The summed E-state index contributed by atoms with van der Waals surface area (Å²) in [5.74, 6) is 1.93. The Balaban J connectivity index is 1.87. The van der Waals surface area contributed by atoms with Crippen LogP contribution in [0.5, 0.6) is 0 Å². The van der Waals surface area contributed by atoms with Gasteiger partial charge in [-0.05, 0) is 56.6 Å². The molecule has 0 bridgehead atoms. The van der Waals surface area contributed by atoms with E-state index in [9.17, 15) is 8.42 Å². The van der Waals surface area contributed by atoms with Crippen LogP contribution < -0.4 is 0 Å². The summed E-state index contributed by atoms with van der Waals surface area (Å²) in [5.41, 5.74) is 2.23.